The number of hydrogen-bond acceptors (Lipinski definition) is 13. The number of carbonyl (C=O) groups is 3. The van der Waals surface area contributed by atoms with Gasteiger partial charge in [0, 0.05) is 23.4 Å². The molecule has 0 aromatic carbocycles. The zero-order valence-corrected chi connectivity index (χ0v) is 21.1. The zero-order chi connectivity index (χ0) is 26.1. The molecule has 2 aliphatic heterocycles. The third kappa shape index (κ3) is 5.68. The van der Waals surface area contributed by atoms with Gasteiger partial charge in [-0.1, -0.05) is 28.3 Å². The van der Waals surface area contributed by atoms with Crippen molar-refractivity contribution in [2.24, 2.45) is 10.6 Å². The number of nitrogens with one attached hydrogen (secondary N) is 1. The van der Waals surface area contributed by atoms with Crippen molar-refractivity contribution in [1.29, 1.82) is 0 Å². The highest BCUT2D eigenvalue weighted by atomic mass is 32.2. The Kier molecular flexibility index (Phi) is 7.62. The zero-order valence-electron chi connectivity index (χ0n) is 17.8. The Bertz CT molecular complexity index is 1180. The average Bonchev–Trinajstić information content (AvgIpc) is 3.49. The van der Waals surface area contributed by atoms with Crippen molar-refractivity contribution in [2.45, 2.75) is 21.9 Å². The fourth-order valence-electron chi connectivity index (χ4n) is 3.31. The van der Waals surface area contributed by atoms with Crippen LogP contribution in [0.1, 0.15) is 5.69 Å². The lowest BCUT2D eigenvalue weighted by molar-refractivity contribution is -0.174. The molecular weight excluding hydrogens is 567 g/mol. The summed E-state index contributed by atoms with van der Waals surface area (Å²) in [5, 5.41) is 24.0. The molecule has 2 saturated heterocycles. The number of carboxylic acid groups (broad SMARTS) is 1. The second-order valence-electron chi connectivity index (χ2n) is 7.60. The molecule has 2 unspecified atom stereocenters. The van der Waals surface area contributed by atoms with Crippen LogP contribution in [0.3, 0.4) is 0 Å². The van der Waals surface area contributed by atoms with Gasteiger partial charge in [-0.2, -0.15) is 13.2 Å². The molecule has 0 saturated carbocycles. The summed E-state index contributed by atoms with van der Waals surface area (Å²) in [5.74, 6) is -2.25. The van der Waals surface area contributed by atoms with Gasteiger partial charge in [0.1, 0.15) is 28.0 Å². The molecule has 2 fully saturated rings. The number of hydrogen-bond donors (Lipinski definition) is 3. The minimum Gasteiger partial charge on any atom is -0.481 e. The number of rotatable bonds is 9. The lowest BCUT2D eigenvalue weighted by atomic mass is 9.89. The van der Waals surface area contributed by atoms with Crippen LogP contribution in [-0.4, -0.2) is 90.9 Å². The number of carboxylic acids is 1. The Balaban J connectivity index is 1.43. The summed E-state index contributed by atoms with van der Waals surface area (Å²) >= 11 is 4.62. The number of anilines is 1. The maximum atomic E-state index is 12.8. The topological polar surface area (TPSA) is 173 Å². The van der Waals surface area contributed by atoms with Crippen LogP contribution < -0.4 is 11.1 Å². The van der Waals surface area contributed by atoms with E-state index in [1.807, 2.05) is 0 Å². The maximum absolute atomic E-state index is 12.8. The van der Waals surface area contributed by atoms with E-state index >= 15 is 0 Å². The van der Waals surface area contributed by atoms with Gasteiger partial charge in [0.2, 0.25) is 12.5 Å². The van der Waals surface area contributed by atoms with Crippen molar-refractivity contribution in [1.82, 2.24) is 25.4 Å². The van der Waals surface area contributed by atoms with Crippen molar-refractivity contribution >= 4 is 74.8 Å². The Morgan fingerprint density at radius 3 is 2.81 bits per heavy atom. The van der Waals surface area contributed by atoms with Gasteiger partial charge in [-0.15, -0.1) is 33.3 Å². The second kappa shape index (κ2) is 10.4. The third-order valence-electron chi connectivity index (χ3n) is 5.06. The van der Waals surface area contributed by atoms with Crippen LogP contribution in [0, 0.1) is 5.41 Å². The summed E-state index contributed by atoms with van der Waals surface area (Å²) in [6, 6.07) is -1.03. The van der Waals surface area contributed by atoms with Crippen LogP contribution in [0.4, 0.5) is 18.3 Å². The third-order valence-corrected chi connectivity index (χ3v) is 9.47. The molecule has 2 aromatic rings. The first-order valence-electron chi connectivity index (χ1n) is 9.82. The lowest BCUT2D eigenvalue weighted by Crippen LogP contribution is -2.74. The molecule has 4 N–H and O–H groups in total. The summed E-state index contributed by atoms with van der Waals surface area (Å²) in [6.07, 6.45) is -4.68. The molecule has 0 radical (unpaired) electrons. The first-order chi connectivity index (χ1) is 17.0. The molecule has 19 heteroatoms. The summed E-state index contributed by atoms with van der Waals surface area (Å²) in [7, 11) is 0. The van der Waals surface area contributed by atoms with E-state index in [4.69, 9.17) is 5.73 Å². The van der Waals surface area contributed by atoms with Gasteiger partial charge in [0.05, 0.1) is 0 Å². The number of nitrogens with zero attached hydrogens (tertiary/aromatic N) is 5. The van der Waals surface area contributed by atoms with Crippen LogP contribution in [0.15, 0.2) is 20.4 Å². The first kappa shape index (κ1) is 26.4. The highest BCUT2D eigenvalue weighted by Crippen LogP contribution is 2.44. The number of aromatic nitrogens is 3. The number of thiazole rings is 1. The minimum atomic E-state index is -4.68. The average molecular weight is 584 g/mol. The van der Waals surface area contributed by atoms with Crippen molar-refractivity contribution in [3.8, 4) is 0 Å². The number of fused-ring (bicyclic) bond motifs is 1. The van der Waals surface area contributed by atoms with E-state index in [9.17, 15) is 32.7 Å². The molecule has 4 rings (SSSR count). The summed E-state index contributed by atoms with van der Waals surface area (Å²) < 4.78 is 37.9. The van der Waals surface area contributed by atoms with E-state index in [0.717, 1.165) is 11.3 Å². The number of nitrogen functional groups attached to an aromatic ring is 1. The number of thioether (sulfide) groups is 2. The van der Waals surface area contributed by atoms with Crippen molar-refractivity contribution in [3.63, 3.8) is 0 Å². The van der Waals surface area contributed by atoms with Crippen molar-refractivity contribution in [3.05, 3.63) is 16.6 Å². The molecule has 2 aromatic heterocycles. The molecule has 2 amide bonds. The molecule has 36 heavy (non-hydrogen) atoms. The normalized spacial score (nSPS) is 24.1. The fraction of sp³-hybridized carbons (Fsp3) is 0.471. The number of nitrogens with two attached hydrogens (primary N) is 1. The SMILES string of the molecule is Nc1nc(C(=NOCC(F)(F)F)C(=O)NC2C(=O)N3CC(CSc4nncs4)(C(=O)O)CS[C@H]23)cs1. The maximum Gasteiger partial charge on any atom is 0.425 e. The molecule has 12 nitrogen and oxygen atoms in total. The van der Waals surface area contributed by atoms with Crippen LogP contribution in [0.5, 0.6) is 0 Å². The molecule has 194 valence electrons. The van der Waals surface area contributed by atoms with E-state index in [2.05, 4.69) is 30.5 Å². The van der Waals surface area contributed by atoms with Gasteiger partial charge in [-0.25, -0.2) is 4.98 Å². The number of amides is 2. The second-order valence-corrected chi connectivity index (χ2v) is 11.6. The molecule has 2 aliphatic rings. The van der Waals surface area contributed by atoms with Crippen LogP contribution in [-0.2, 0) is 19.2 Å². The minimum absolute atomic E-state index is 0.0477. The van der Waals surface area contributed by atoms with Gasteiger partial charge in [-0.3, -0.25) is 14.4 Å². The quantitative estimate of drug-likeness (QED) is 0.167. The Hall–Kier alpha value is -2.64. The Labute approximate surface area is 216 Å². The van der Waals surface area contributed by atoms with Gasteiger partial charge in [0.25, 0.3) is 5.91 Å². The first-order valence-corrected chi connectivity index (χ1v) is 13.6. The van der Waals surface area contributed by atoms with Gasteiger partial charge in [0.15, 0.2) is 15.2 Å². The van der Waals surface area contributed by atoms with Gasteiger partial charge in [-0.05, 0) is 0 Å². The smallest absolute Gasteiger partial charge is 0.425 e. The van der Waals surface area contributed by atoms with Gasteiger partial charge < -0.3 is 25.9 Å². The number of oxime groups is 1. The van der Waals surface area contributed by atoms with Crippen LogP contribution in [0.25, 0.3) is 0 Å². The van der Waals surface area contributed by atoms with E-state index in [0.29, 0.717) is 4.34 Å². The monoisotopic (exact) mass is 583 g/mol. The Morgan fingerprint density at radius 2 is 2.19 bits per heavy atom. The predicted molar refractivity (Wildman–Crippen MR) is 126 cm³/mol. The Morgan fingerprint density at radius 1 is 1.42 bits per heavy atom. The summed E-state index contributed by atoms with van der Waals surface area (Å²) in [6.45, 7) is -1.81. The number of β-lactam (4-membered cyclic amide) rings is 1. The van der Waals surface area contributed by atoms with Crippen molar-refractivity contribution in [2.75, 3.05) is 30.4 Å². The predicted octanol–water partition coefficient (Wildman–Crippen LogP) is 1.12. The summed E-state index contributed by atoms with van der Waals surface area (Å²) in [4.78, 5) is 47.2. The lowest BCUT2D eigenvalue weighted by Gasteiger charge is -2.53. The van der Waals surface area contributed by atoms with Gasteiger partial charge >= 0.3 is 12.1 Å². The molecule has 3 atom stereocenters. The molecule has 0 bridgehead atoms. The van der Waals surface area contributed by atoms with Crippen LogP contribution in [0.2, 0.25) is 0 Å². The number of alkyl halides is 3. The largest absolute Gasteiger partial charge is 0.481 e. The summed E-state index contributed by atoms with van der Waals surface area (Å²) in [5.41, 5.74) is 5.15. The highest BCUT2D eigenvalue weighted by Gasteiger charge is 2.57. The number of aliphatic carboxylic acids is 1. The number of halogens is 3. The molecule has 0 spiro atoms. The molecule has 4 heterocycles. The number of carbonyl (C=O) groups excluding carboxylic acids is 2. The van der Waals surface area contributed by atoms with E-state index in [1.54, 1.807) is 0 Å². The van der Waals surface area contributed by atoms with E-state index in [-0.39, 0.29) is 28.9 Å². The molecular formula is C17H16F3N7O5S4. The standard InChI is InChI=1S/C17H16F3N7O5S4/c18-17(19,20)3-32-26-8(7-1-33-14(21)23-7)10(28)24-9-11(29)27-2-16(13(30)31,4-34-12(9)27)5-35-15-25-22-6-36-15/h1,6,9,12H,2-5H2,(H2,21,23)(H,24,28)(H,30,31)/t9?,12-,16?/m1/s1. The highest BCUT2D eigenvalue weighted by molar-refractivity contribution is 8.01. The van der Waals surface area contributed by atoms with E-state index in [1.165, 1.54) is 50.7 Å². The van der Waals surface area contributed by atoms with Crippen molar-refractivity contribution < 1.29 is 37.5 Å². The van der Waals surface area contributed by atoms with E-state index < -0.39 is 53.1 Å². The molecule has 0 aliphatic carbocycles. The fourth-order valence-corrected chi connectivity index (χ4v) is 7.21. The van der Waals surface area contributed by atoms with Crippen LogP contribution >= 0.6 is 46.2 Å².